The molecule has 1 N–H and O–H groups in total. The molecule has 0 saturated carbocycles. The van der Waals surface area contributed by atoms with Gasteiger partial charge in [0.15, 0.2) is 11.0 Å². The molecule has 0 unspecified atom stereocenters. The molecule has 0 radical (unpaired) electrons. The van der Waals surface area contributed by atoms with Crippen molar-refractivity contribution in [2.75, 3.05) is 12.4 Å². The van der Waals surface area contributed by atoms with E-state index in [0.717, 1.165) is 11.3 Å². The minimum atomic E-state index is -0.879. The Hall–Kier alpha value is -2.38. The summed E-state index contributed by atoms with van der Waals surface area (Å²) in [7, 11) is 0. The van der Waals surface area contributed by atoms with Crippen molar-refractivity contribution in [1.82, 2.24) is 14.8 Å². The molecule has 0 bridgehead atoms. The molecule has 0 atom stereocenters. The van der Waals surface area contributed by atoms with Gasteiger partial charge in [-0.2, -0.15) is 0 Å². The van der Waals surface area contributed by atoms with Gasteiger partial charge in [-0.1, -0.05) is 23.9 Å². The molecule has 7 heteroatoms. The summed E-state index contributed by atoms with van der Waals surface area (Å²) < 4.78 is 21.7. The average molecular weight is 387 g/mol. The van der Waals surface area contributed by atoms with Crippen LogP contribution in [-0.2, 0) is 0 Å². The Morgan fingerprint density at radius 2 is 1.81 bits per heavy atom. The first kappa shape index (κ1) is 19.4. The Morgan fingerprint density at radius 1 is 1.11 bits per heavy atom. The fourth-order valence-corrected chi connectivity index (χ4v) is 3.40. The van der Waals surface area contributed by atoms with Crippen molar-refractivity contribution in [3.63, 3.8) is 0 Å². The highest BCUT2D eigenvalue weighted by atomic mass is 32.2. The number of hydrogen-bond donors (Lipinski definition) is 1. The number of rotatable bonds is 7. The van der Waals surface area contributed by atoms with E-state index in [2.05, 4.69) is 10.2 Å². The molecule has 1 heterocycles. The topological polar surface area (TPSA) is 60.2 Å². The van der Waals surface area contributed by atoms with Crippen LogP contribution in [0.4, 0.5) is 4.39 Å². The first-order valence-electron chi connectivity index (χ1n) is 8.68. The van der Waals surface area contributed by atoms with Crippen LogP contribution in [0.15, 0.2) is 53.7 Å². The van der Waals surface area contributed by atoms with Gasteiger partial charge in [-0.25, -0.2) is 4.39 Å². The first-order chi connectivity index (χ1) is 12.9. The molecule has 3 aromatic rings. The number of aromatic nitrogens is 3. The van der Waals surface area contributed by atoms with Crippen molar-refractivity contribution in [2.24, 2.45) is 0 Å². The molecule has 27 heavy (non-hydrogen) atoms. The SMILES string of the molecule is CCOc1ccc(-c2nnc(SCC(C)(C)O)n2-c2ccccc2F)cc1. The number of para-hydroxylation sites is 1. The Kier molecular flexibility index (Phi) is 5.82. The Bertz CT molecular complexity index is 904. The molecular weight excluding hydrogens is 365 g/mol. The zero-order valence-electron chi connectivity index (χ0n) is 15.5. The second-order valence-corrected chi connectivity index (χ2v) is 7.59. The summed E-state index contributed by atoms with van der Waals surface area (Å²) in [4.78, 5) is 0. The highest BCUT2D eigenvalue weighted by Crippen LogP contribution is 2.31. The van der Waals surface area contributed by atoms with Crippen LogP contribution in [-0.4, -0.2) is 37.8 Å². The van der Waals surface area contributed by atoms with Gasteiger partial charge in [0.25, 0.3) is 0 Å². The van der Waals surface area contributed by atoms with Crippen molar-refractivity contribution >= 4 is 11.8 Å². The van der Waals surface area contributed by atoms with Crippen LogP contribution in [0.1, 0.15) is 20.8 Å². The molecule has 3 rings (SSSR count). The highest BCUT2D eigenvalue weighted by Gasteiger charge is 2.21. The van der Waals surface area contributed by atoms with Crippen LogP contribution < -0.4 is 4.74 Å². The van der Waals surface area contributed by atoms with E-state index in [4.69, 9.17) is 4.74 Å². The molecule has 0 aliphatic carbocycles. The van der Waals surface area contributed by atoms with E-state index in [9.17, 15) is 9.50 Å². The number of nitrogens with zero attached hydrogens (tertiary/aromatic N) is 3. The molecule has 0 aliphatic rings. The lowest BCUT2D eigenvalue weighted by Gasteiger charge is -2.17. The summed E-state index contributed by atoms with van der Waals surface area (Å²) in [6, 6.07) is 13.9. The summed E-state index contributed by atoms with van der Waals surface area (Å²) in [6.07, 6.45) is 0. The Morgan fingerprint density at radius 3 is 2.44 bits per heavy atom. The van der Waals surface area contributed by atoms with Gasteiger partial charge in [0.05, 0.1) is 17.9 Å². The third-order valence-corrected chi connectivity index (χ3v) is 5.08. The fraction of sp³-hybridized carbons (Fsp3) is 0.300. The second-order valence-electron chi connectivity index (χ2n) is 6.65. The van der Waals surface area contributed by atoms with Gasteiger partial charge >= 0.3 is 0 Å². The van der Waals surface area contributed by atoms with Crippen LogP contribution >= 0.6 is 11.8 Å². The van der Waals surface area contributed by atoms with Crippen LogP contribution in [0.2, 0.25) is 0 Å². The maximum absolute atomic E-state index is 14.5. The first-order valence-corrected chi connectivity index (χ1v) is 9.66. The minimum absolute atomic E-state index is 0.365. The van der Waals surface area contributed by atoms with E-state index in [0.29, 0.717) is 29.0 Å². The predicted molar refractivity (Wildman–Crippen MR) is 105 cm³/mol. The van der Waals surface area contributed by atoms with E-state index in [1.165, 1.54) is 17.8 Å². The second kappa shape index (κ2) is 8.10. The quantitative estimate of drug-likeness (QED) is 0.611. The molecule has 0 spiro atoms. The lowest BCUT2D eigenvalue weighted by Crippen LogP contribution is -2.22. The smallest absolute Gasteiger partial charge is 0.196 e. The fourth-order valence-electron chi connectivity index (χ4n) is 2.51. The van der Waals surface area contributed by atoms with Gasteiger partial charge < -0.3 is 9.84 Å². The third-order valence-electron chi connectivity index (χ3n) is 3.70. The molecule has 0 amide bonds. The van der Waals surface area contributed by atoms with Gasteiger partial charge in [-0.05, 0) is 57.2 Å². The van der Waals surface area contributed by atoms with Crippen LogP contribution in [0.3, 0.4) is 0 Å². The summed E-state index contributed by atoms with van der Waals surface area (Å²) >= 11 is 1.33. The van der Waals surface area contributed by atoms with E-state index in [1.54, 1.807) is 36.6 Å². The van der Waals surface area contributed by atoms with Crippen LogP contribution in [0.5, 0.6) is 5.75 Å². The zero-order chi connectivity index (χ0) is 19.4. The number of aliphatic hydroxyl groups is 1. The Balaban J connectivity index is 2.06. The monoisotopic (exact) mass is 387 g/mol. The van der Waals surface area contributed by atoms with E-state index < -0.39 is 5.60 Å². The molecule has 5 nitrogen and oxygen atoms in total. The summed E-state index contributed by atoms with van der Waals surface area (Å²) in [5, 5.41) is 19.1. The minimum Gasteiger partial charge on any atom is -0.494 e. The lowest BCUT2D eigenvalue weighted by molar-refractivity contribution is 0.107. The normalized spacial score (nSPS) is 11.6. The molecular formula is C20H22FN3O2S. The standard InChI is InChI=1S/C20H22FN3O2S/c1-4-26-15-11-9-14(10-12-15)18-22-23-19(27-13-20(2,3)25)24(18)17-8-6-5-7-16(17)21/h5-12,25H,4,13H2,1-3H3. The largest absolute Gasteiger partial charge is 0.494 e. The molecule has 1 aromatic heterocycles. The van der Waals surface area contributed by atoms with Crippen molar-refractivity contribution < 1.29 is 14.2 Å². The van der Waals surface area contributed by atoms with E-state index >= 15 is 0 Å². The van der Waals surface area contributed by atoms with Crippen LogP contribution in [0.25, 0.3) is 17.1 Å². The van der Waals surface area contributed by atoms with Crippen molar-refractivity contribution in [2.45, 2.75) is 31.5 Å². The zero-order valence-corrected chi connectivity index (χ0v) is 16.3. The highest BCUT2D eigenvalue weighted by molar-refractivity contribution is 7.99. The number of benzene rings is 2. The van der Waals surface area contributed by atoms with Gasteiger partial charge in [-0.3, -0.25) is 4.57 Å². The number of ether oxygens (including phenoxy) is 1. The van der Waals surface area contributed by atoms with Crippen molar-refractivity contribution in [3.05, 3.63) is 54.3 Å². The van der Waals surface area contributed by atoms with Crippen molar-refractivity contribution in [3.8, 4) is 22.8 Å². The molecule has 0 aliphatic heterocycles. The summed E-state index contributed by atoms with van der Waals surface area (Å²) in [5.41, 5.74) is 0.282. The lowest BCUT2D eigenvalue weighted by atomic mass is 10.2. The maximum Gasteiger partial charge on any atom is 0.196 e. The summed E-state index contributed by atoms with van der Waals surface area (Å²) in [5.74, 6) is 1.33. The van der Waals surface area contributed by atoms with Gasteiger partial charge in [0, 0.05) is 11.3 Å². The van der Waals surface area contributed by atoms with E-state index in [1.807, 2.05) is 31.2 Å². The van der Waals surface area contributed by atoms with Gasteiger partial charge in [-0.15, -0.1) is 10.2 Å². The molecule has 2 aromatic carbocycles. The third kappa shape index (κ3) is 4.67. The molecule has 0 saturated heterocycles. The van der Waals surface area contributed by atoms with Gasteiger partial charge in [0.2, 0.25) is 0 Å². The Labute approximate surface area is 162 Å². The number of thioether (sulfide) groups is 1. The number of halogens is 1. The molecule has 142 valence electrons. The average Bonchev–Trinajstić information content (AvgIpc) is 3.04. The van der Waals surface area contributed by atoms with Crippen molar-refractivity contribution in [1.29, 1.82) is 0 Å². The summed E-state index contributed by atoms with van der Waals surface area (Å²) in [6.45, 7) is 5.95. The number of hydrogen-bond acceptors (Lipinski definition) is 5. The molecule has 0 fully saturated rings. The maximum atomic E-state index is 14.5. The van der Waals surface area contributed by atoms with Gasteiger partial charge in [0.1, 0.15) is 11.6 Å². The predicted octanol–water partition coefficient (Wildman–Crippen LogP) is 4.34. The van der Waals surface area contributed by atoms with Crippen LogP contribution in [0, 0.1) is 5.82 Å². The van der Waals surface area contributed by atoms with E-state index in [-0.39, 0.29) is 5.82 Å².